The van der Waals surface area contributed by atoms with Crippen LogP contribution in [0.5, 0.6) is 5.75 Å². The number of aromatic nitrogens is 1. The van der Waals surface area contributed by atoms with Crippen molar-refractivity contribution in [3.8, 4) is 17.0 Å². The summed E-state index contributed by atoms with van der Waals surface area (Å²) >= 11 is 7.53. The van der Waals surface area contributed by atoms with Gasteiger partial charge in [0, 0.05) is 22.0 Å². The van der Waals surface area contributed by atoms with E-state index in [1.807, 2.05) is 53.9 Å². The fourth-order valence-corrected chi connectivity index (χ4v) is 3.10. The van der Waals surface area contributed by atoms with Crippen LogP contribution in [0.1, 0.15) is 5.56 Å². The molecule has 25 heavy (non-hydrogen) atoms. The summed E-state index contributed by atoms with van der Waals surface area (Å²) in [7, 11) is 1.61. The maximum absolute atomic E-state index is 12.0. The molecule has 1 aromatic heterocycles. The first kappa shape index (κ1) is 17.2. The second-order valence-corrected chi connectivity index (χ2v) is 6.38. The van der Waals surface area contributed by atoms with Crippen LogP contribution in [-0.2, 0) is 4.79 Å². The van der Waals surface area contributed by atoms with Gasteiger partial charge in [-0.25, -0.2) is 4.98 Å². The quantitative estimate of drug-likeness (QED) is 0.634. The lowest BCUT2D eigenvalue weighted by Crippen LogP contribution is -2.07. The second kappa shape index (κ2) is 7.96. The number of nitrogens with zero attached hydrogens (tertiary/aromatic N) is 1. The fourth-order valence-electron chi connectivity index (χ4n) is 2.16. The number of methoxy groups -OCH3 is 1. The highest BCUT2D eigenvalue weighted by Crippen LogP contribution is 2.30. The molecule has 2 aromatic carbocycles. The molecule has 0 aliphatic heterocycles. The molecule has 0 unspecified atom stereocenters. The van der Waals surface area contributed by atoms with Gasteiger partial charge < -0.3 is 4.74 Å². The van der Waals surface area contributed by atoms with Crippen molar-refractivity contribution < 1.29 is 9.53 Å². The summed E-state index contributed by atoms with van der Waals surface area (Å²) in [5, 5.41) is 5.78. The summed E-state index contributed by atoms with van der Waals surface area (Å²) in [5.74, 6) is 0.535. The van der Waals surface area contributed by atoms with E-state index in [2.05, 4.69) is 10.3 Å². The van der Waals surface area contributed by atoms with E-state index in [1.165, 1.54) is 17.4 Å². The van der Waals surface area contributed by atoms with Crippen LogP contribution in [0.2, 0.25) is 5.02 Å². The highest BCUT2D eigenvalue weighted by Gasteiger charge is 2.08. The molecule has 1 amide bonds. The number of carbonyl (C=O) groups is 1. The molecular formula is C19H15ClN2O2S. The van der Waals surface area contributed by atoms with Crippen LogP contribution < -0.4 is 10.1 Å². The van der Waals surface area contributed by atoms with Gasteiger partial charge in [0.15, 0.2) is 5.13 Å². The molecule has 0 aliphatic rings. The number of halogens is 1. The Kier molecular flexibility index (Phi) is 5.48. The largest absolute Gasteiger partial charge is 0.497 e. The number of carbonyl (C=O) groups excluding carboxylic acids is 1. The Labute approximate surface area is 154 Å². The molecule has 6 heteroatoms. The third-order valence-corrected chi connectivity index (χ3v) is 4.51. The summed E-state index contributed by atoms with van der Waals surface area (Å²) in [6.45, 7) is 0. The van der Waals surface area contributed by atoms with Crippen LogP contribution in [0.4, 0.5) is 5.13 Å². The van der Waals surface area contributed by atoms with Gasteiger partial charge in [-0.15, -0.1) is 11.3 Å². The lowest BCUT2D eigenvalue weighted by Gasteiger charge is -2.00. The van der Waals surface area contributed by atoms with Crippen molar-refractivity contribution in [1.29, 1.82) is 0 Å². The first-order chi connectivity index (χ1) is 12.2. The van der Waals surface area contributed by atoms with E-state index < -0.39 is 0 Å². The van der Waals surface area contributed by atoms with Gasteiger partial charge in [0.2, 0.25) is 5.91 Å². The zero-order valence-corrected chi connectivity index (χ0v) is 15.0. The molecule has 0 atom stereocenters. The molecule has 0 aliphatic carbocycles. The summed E-state index contributed by atoms with van der Waals surface area (Å²) in [6.07, 6.45) is 3.20. The van der Waals surface area contributed by atoms with Gasteiger partial charge in [0.1, 0.15) is 5.75 Å². The van der Waals surface area contributed by atoms with Gasteiger partial charge in [-0.3, -0.25) is 10.1 Å². The minimum Gasteiger partial charge on any atom is -0.497 e. The molecule has 126 valence electrons. The predicted octanol–water partition coefficient (Wildman–Crippen LogP) is 5.12. The monoisotopic (exact) mass is 370 g/mol. The summed E-state index contributed by atoms with van der Waals surface area (Å²) in [5.41, 5.74) is 2.49. The number of hydrogen-bond acceptors (Lipinski definition) is 4. The number of amides is 1. The number of benzene rings is 2. The second-order valence-electron chi connectivity index (χ2n) is 5.11. The lowest BCUT2D eigenvalue weighted by atomic mass is 10.2. The molecule has 4 nitrogen and oxygen atoms in total. The van der Waals surface area contributed by atoms with Crippen LogP contribution in [0.15, 0.2) is 60.0 Å². The summed E-state index contributed by atoms with van der Waals surface area (Å²) in [6, 6.07) is 14.9. The zero-order valence-electron chi connectivity index (χ0n) is 13.4. The lowest BCUT2D eigenvalue weighted by molar-refractivity contribution is -0.111. The van der Waals surface area contributed by atoms with Crippen LogP contribution in [0.3, 0.4) is 0 Å². The fraction of sp³-hybridized carbons (Fsp3) is 0.0526. The Morgan fingerprint density at radius 1 is 1.20 bits per heavy atom. The van der Waals surface area contributed by atoms with Crippen LogP contribution in [0, 0.1) is 0 Å². The Balaban J connectivity index is 1.65. The molecule has 0 spiro atoms. The van der Waals surface area contributed by atoms with Crippen molar-refractivity contribution in [2.45, 2.75) is 0 Å². The maximum Gasteiger partial charge on any atom is 0.250 e. The van der Waals surface area contributed by atoms with Crippen molar-refractivity contribution in [2.24, 2.45) is 0 Å². The number of thiazole rings is 1. The molecule has 3 rings (SSSR count). The third-order valence-electron chi connectivity index (χ3n) is 3.43. The van der Waals surface area contributed by atoms with Gasteiger partial charge in [-0.1, -0.05) is 41.9 Å². The SMILES string of the molecule is COc1ccc(/C=C/C(=O)Nc2nc(-c3ccccc3Cl)cs2)cc1. The first-order valence-corrected chi connectivity index (χ1v) is 8.75. The maximum atomic E-state index is 12.0. The highest BCUT2D eigenvalue weighted by molar-refractivity contribution is 7.14. The van der Waals surface area contributed by atoms with Crippen molar-refractivity contribution in [3.05, 3.63) is 70.6 Å². The van der Waals surface area contributed by atoms with E-state index in [0.717, 1.165) is 22.6 Å². The average molecular weight is 371 g/mol. The molecule has 1 N–H and O–H groups in total. The van der Waals surface area contributed by atoms with E-state index in [-0.39, 0.29) is 5.91 Å². The Hall–Kier alpha value is -2.63. The van der Waals surface area contributed by atoms with E-state index >= 15 is 0 Å². The molecule has 0 radical (unpaired) electrons. The Morgan fingerprint density at radius 3 is 2.68 bits per heavy atom. The Morgan fingerprint density at radius 2 is 1.96 bits per heavy atom. The Bertz CT molecular complexity index is 904. The molecule has 0 saturated heterocycles. The summed E-state index contributed by atoms with van der Waals surface area (Å²) < 4.78 is 5.10. The van der Waals surface area contributed by atoms with E-state index in [1.54, 1.807) is 13.2 Å². The van der Waals surface area contributed by atoms with Crippen molar-refractivity contribution in [3.63, 3.8) is 0 Å². The van der Waals surface area contributed by atoms with Crippen molar-refractivity contribution in [2.75, 3.05) is 12.4 Å². The smallest absolute Gasteiger partial charge is 0.250 e. The number of rotatable bonds is 5. The van der Waals surface area contributed by atoms with Gasteiger partial charge in [-0.2, -0.15) is 0 Å². The molecule has 0 fully saturated rings. The number of anilines is 1. The standard InChI is InChI=1S/C19H15ClN2O2S/c1-24-14-9-6-13(7-10-14)8-11-18(23)22-19-21-17(12-25-19)15-4-2-3-5-16(15)20/h2-12H,1H3,(H,21,22,23)/b11-8+. The minimum absolute atomic E-state index is 0.240. The molecule has 1 heterocycles. The van der Waals surface area contributed by atoms with E-state index in [9.17, 15) is 4.79 Å². The van der Waals surface area contributed by atoms with Crippen molar-refractivity contribution in [1.82, 2.24) is 4.98 Å². The van der Waals surface area contributed by atoms with Crippen LogP contribution in [-0.4, -0.2) is 18.0 Å². The third kappa shape index (κ3) is 4.47. The normalized spacial score (nSPS) is 10.8. The van der Waals surface area contributed by atoms with Gasteiger partial charge in [0.05, 0.1) is 12.8 Å². The molecule has 0 saturated carbocycles. The molecule has 3 aromatic rings. The van der Waals surface area contributed by atoms with Gasteiger partial charge in [-0.05, 0) is 29.8 Å². The highest BCUT2D eigenvalue weighted by atomic mass is 35.5. The average Bonchev–Trinajstić information content (AvgIpc) is 3.09. The first-order valence-electron chi connectivity index (χ1n) is 7.49. The molecular weight excluding hydrogens is 356 g/mol. The van der Waals surface area contributed by atoms with Crippen LogP contribution in [0.25, 0.3) is 17.3 Å². The van der Waals surface area contributed by atoms with Crippen molar-refractivity contribution >= 4 is 40.1 Å². The number of hydrogen-bond donors (Lipinski definition) is 1. The van der Waals surface area contributed by atoms with Gasteiger partial charge >= 0.3 is 0 Å². The van der Waals surface area contributed by atoms with E-state index in [4.69, 9.17) is 16.3 Å². The zero-order chi connectivity index (χ0) is 17.6. The predicted molar refractivity (Wildman–Crippen MR) is 103 cm³/mol. The minimum atomic E-state index is -0.240. The number of nitrogens with one attached hydrogen (secondary N) is 1. The number of ether oxygens (including phenoxy) is 1. The van der Waals surface area contributed by atoms with Gasteiger partial charge in [0.25, 0.3) is 0 Å². The van der Waals surface area contributed by atoms with E-state index in [0.29, 0.717) is 10.2 Å². The summed E-state index contributed by atoms with van der Waals surface area (Å²) in [4.78, 5) is 16.5. The molecule has 0 bridgehead atoms. The van der Waals surface area contributed by atoms with Crippen LogP contribution >= 0.6 is 22.9 Å². The topological polar surface area (TPSA) is 51.2 Å².